The van der Waals surface area contributed by atoms with E-state index in [-0.39, 0.29) is 18.4 Å². The molecule has 0 aliphatic rings. The quantitative estimate of drug-likeness (QED) is 0.509. The van der Waals surface area contributed by atoms with Crippen LogP contribution in [0.4, 0.5) is 0 Å². The van der Waals surface area contributed by atoms with Gasteiger partial charge in [-0.05, 0) is 49.7 Å². The van der Waals surface area contributed by atoms with Gasteiger partial charge in [0.15, 0.2) is 0 Å². The molecule has 0 bridgehead atoms. The van der Waals surface area contributed by atoms with E-state index >= 15 is 0 Å². The molecule has 2 aromatic rings. The highest BCUT2D eigenvalue weighted by Crippen LogP contribution is 2.22. The van der Waals surface area contributed by atoms with E-state index in [4.69, 9.17) is 4.74 Å². The molecule has 0 saturated carbocycles. The molecule has 6 heteroatoms. The molecule has 1 amide bonds. The summed E-state index contributed by atoms with van der Waals surface area (Å²) in [6.07, 6.45) is 1.92. The maximum atomic E-state index is 11.9. The summed E-state index contributed by atoms with van der Waals surface area (Å²) < 4.78 is 7.64. The normalized spacial score (nSPS) is 11.0. The Labute approximate surface area is 158 Å². The Morgan fingerprint density at radius 2 is 1.83 bits per heavy atom. The lowest BCUT2D eigenvalue weighted by Crippen LogP contribution is -2.19. The van der Waals surface area contributed by atoms with Gasteiger partial charge in [-0.2, -0.15) is 5.10 Å². The predicted molar refractivity (Wildman–Crippen MR) is 103 cm³/mol. The van der Waals surface area contributed by atoms with Crippen molar-refractivity contribution in [3.05, 3.63) is 62.5 Å². The van der Waals surface area contributed by atoms with Gasteiger partial charge in [-0.25, -0.2) is 5.43 Å². The lowest BCUT2D eigenvalue weighted by atomic mass is 10.1. The third-order valence-corrected chi connectivity index (χ3v) is 4.03. The summed E-state index contributed by atoms with van der Waals surface area (Å²) in [5, 5.41) is 4.03. The number of carbonyl (C=O) groups is 1. The molecular weight excluding hydrogens is 436 g/mol. The van der Waals surface area contributed by atoms with E-state index in [2.05, 4.69) is 42.4 Å². The molecular formula is C18H18Br2N2O2. The second-order valence-electron chi connectivity index (χ2n) is 5.45. The molecule has 2 rings (SSSR count). The molecule has 0 aliphatic heterocycles. The van der Waals surface area contributed by atoms with Crippen molar-refractivity contribution in [1.82, 2.24) is 5.43 Å². The fourth-order valence-corrected chi connectivity index (χ4v) is 2.63. The molecule has 1 N–H and O–H groups in total. The molecule has 0 unspecified atom stereocenters. The summed E-state index contributed by atoms with van der Waals surface area (Å²) in [5.74, 6) is 0.550. The number of amides is 1. The summed E-state index contributed by atoms with van der Waals surface area (Å²) in [7, 11) is 0. The molecule has 0 aromatic heterocycles. The lowest BCUT2D eigenvalue weighted by Gasteiger charge is -2.12. The molecule has 4 nitrogen and oxygen atoms in total. The van der Waals surface area contributed by atoms with Crippen molar-refractivity contribution in [3.8, 4) is 5.75 Å². The molecule has 0 spiro atoms. The van der Waals surface area contributed by atoms with Crippen LogP contribution in [0.2, 0.25) is 0 Å². The van der Waals surface area contributed by atoms with Gasteiger partial charge in [-0.3, -0.25) is 4.79 Å². The minimum Gasteiger partial charge on any atom is -0.490 e. The molecule has 0 atom stereocenters. The highest BCUT2D eigenvalue weighted by Gasteiger charge is 2.06. The summed E-state index contributed by atoms with van der Waals surface area (Å²) in [6, 6.07) is 13.3. The zero-order valence-electron chi connectivity index (χ0n) is 13.4. The fourth-order valence-electron chi connectivity index (χ4n) is 1.98. The second kappa shape index (κ2) is 8.99. The Morgan fingerprint density at radius 3 is 2.50 bits per heavy atom. The summed E-state index contributed by atoms with van der Waals surface area (Å²) in [5.41, 5.74) is 4.26. The number of nitrogens with zero attached hydrogens (tertiary/aromatic N) is 1. The highest BCUT2D eigenvalue weighted by molar-refractivity contribution is 9.10. The standard InChI is InChI=1S/C18H18Br2N2O2/c1-12(2)24-17-8-7-16(20)10-14(17)11-21-22-18(23)9-13-3-5-15(19)6-4-13/h3-8,10-12H,9H2,1-2H3,(H,22,23)/b21-11-. The lowest BCUT2D eigenvalue weighted by molar-refractivity contribution is -0.120. The Morgan fingerprint density at radius 1 is 1.17 bits per heavy atom. The first-order chi connectivity index (χ1) is 11.4. The van der Waals surface area contributed by atoms with Gasteiger partial charge in [0.05, 0.1) is 18.7 Å². The van der Waals surface area contributed by atoms with Crippen LogP contribution < -0.4 is 10.2 Å². The van der Waals surface area contributed by atoms with Crippen molar-refractivity contribution >= 4 is 44.0 Å². The largest absolute Gasteiger partial charge is 0.490 e. The fraction of sp³-hybridized carbons (Fsp3) is 0.222. The minimum atomic E-state index is -0.171. The monoisotopic (exact) mass is 452 g/mol. The number of nitrogens with one attached hydrogen (secondary N) is 1. The van der Waals surface area contributed by atoms with Crippen molar-refractivity contribution in [3.63, 3.8) is 0 Å². The van der Waals surface area contributed by atoms with Crippen LogP contribution in [0.1, 0.15) is 25.0 Å². The highest BCUT2D eigenvalue weighted by atomic mass is 79.9. The van der Waals surface area contributed by atoms with Gasteiger partial charge in [-0.1, -0.05) is 44.0 Å². The third-order valence-electron chi connectivity index (χ3n) is 3.01. The van der Waals surface area contributed by atoms with Gasteiger partial charge in [0.1, 0.15) is 5.75 Å². The van der Waals surface area contributed by atoms with Crippen molar-refractivity contribution in [2.45, 2.75) is 26.4 Å². The van der Waals surface area contributed by atoms with E-state index in [9.17, 15) is 4.79 Å². The van der Waals surface area contributed by atoms with Crippen molar-refractivity contribution < 1.29 is 9.53 Å². The van der Waals surface area contributed by atoms with Crippen LogP contribution in [-0.2, 0) is 11.2 Å². The van der Waals surface area contributed by atoms with Gasteiger partial charge in [0, 0.05) is 14.5 Å². The van der Waals surface area contributed by atoms with Gasteiger partial charge in [-0.15, -0.1) is 0 Å². The van der Waals surface area contributed by atoms with E-state index in [1.807, 2.05) is 56.3 Å². The molecule has 126 valence electrons. The number of benzene rings is 2. The van der Waals surface area contributed by atoms with E-state index in [0.717, 1.165) is 25.8 Å². The number of rotatable bonds is 6. The third kappa shape index (κ3) is 6.09. The average Bonchev–Trinajstić information content (AvgIpc) is 2.52. The number of carbonyl (C=O) groups excluding carboxylic acids is 1. The Hall–Kier alpha value is -1.66. The number of hydrogen-bond acceptors (Lipinski definition) is 3. The van der Waals surface area contributed by atoms with Crippen LogP contribution in [0.25, 0.3) is 0 Å². The van der Waals surface area contributed by atoms with Crippen LogP contribution in [0, 0.1) is 0 Å². The Bertz CT molecular complexity index is 728. The molecule has 0 radical (unpaired) electrons. The molecule has 0 heterocycles. The van der Waals surface area contributed by atoms with Crippen molar-refractivity contribution in [2.75, 3.05) is 0 Å². The number of halogens is 2. The SMILES string of the molecule is CC(C)Oc1ccc(Br)cc1/C=N\NC(=O)Cc1ccc(Br)cc1. The minimum absolute atomic E-state index is 0.0605. The maximum Gasteiger partial charge on any atom is 0.244 e. The van der Waals surface area contributed by atoms with Crippen LogP contribution in [0.3, 0.4) is 0 Å². The Kier molecular flexibility index (Phi) is 6.99. The summed E-state index contributed by atoms with van der Waals surface area (Å²) in [6.45, 7) is 3.92. The van der Waals surface area contributed by atoms with Crippen LogP contribution in [-0.4, -0.2) is 18.2 Å². The smallest absolute Gasteiger partial charge is 0.244 e. The first-order valence-corrected chi connectivity index (χ1v) is 9.05. The topological polar surface area (TPSA) is 50.7 Å². The van der Waals surface area contributed by atoms with Crippen molar-refractivity contribution in [2.24, 2.45) is 5.10 Å². The molecule has 24 heavy (non-hydrogen) atoms. The van der Waals surface area contributed by atoms with Crippen LogP contribution in [0.5, 0.6) is 5.75 Å². The number of hydrazone groups is 1. The van der Waals surface area contributed by atoms with E-state index in [1.165, 1.54) is 0 Å². The number of ether oxygens (including phenoxy) is 1. The second-order valence-corrected chi connectivity index (χ2v) is 7.28. The predicted octanol–water partition coefficient (Wildman–Crippen LogP) is 4.69. The van der Waals surface area contributed by atoms with Crippen LogP contribution in [0.15, 0.2) is 56.5 Å². The molecule has 0 aliphatic carbocycles. The average molecular weight is 454 g/mol. The zero-order chi connectivity index (χ0) is 17.5. The van der Waals surface area contributed by atoms with E-state index in [1.54, 1.807) is 6.21 Å². The summed E-state index contributed by atoms with van der Waals surface area (Å²) in [4.78, 5) is 11.9. The van der Waals surface area contributed by atoms with Crippen LogP contribution >= 0.6 is 31.9 Å². The molecule has 2 aromatic carbocycles. The first-order valence-electron chi connectivity index (χ1n) is 7.46. The van der Waals surface area contributed by atoms with Gasteiger partial charge in [0.25, 0.3) is 0 Å². The Balaban J connectivity index is 1.99. The van der Waals surface area contributed by atoms with Crippen molar-refractivity contribution in [1.29, 1.82) is 0 Å². The van der Waals surface area contributed by atoms with Gasteiger partial charge in [0.2, 0.25) is 5.91 Å². The number of hydrogen-bond donors (Lipinski definition) is 1. The zero-order valence-corrected chi connectivity index (χ0v) is 16.6. The molecule has 0 fully saturated rings. The van der Waals surface area contributed by atoms with Gasteiger partial charge < -0.3 is 4.74 Å². The maximum absolute atomic E-state index is 11.9. The van der Waals surface area contributed by atoms with E-state index < -0.39 is 0 Å². The van der Waals surface area contributed by atoms with Gasteiger partial charge >= 0.3 is 0 Å². The summed E-state index contributed by atoms with van der Waals surface area (Å²) >= 11 is 6.79. The van der Waals surface area contributed by atoms with E-state index in [0.29, 0.717) is 0 Å². The first kappa shape index (κ1) is 18.7. The molecule has 0 saturated heterocycles.